The van der Waals surface area contributed by atoms with E-state index in [-0.39, 0.29) is 29.9 Å². The van der Waals surface area contributed by atoms with E-state index in [2.05, 4.69) is 16.0 Å². The summed E-state index contributed by atoms with van der Waals surface area (Å²) in [5, 5.41) is 7.95. The summed E-state index contributed by atoms with van der Waals surface area (Å²) in [6, 6.07) is 10.7. The van der Waals surface area contributed by atoms with Gasteiger partial charge in [0.2, 0.25) is 5.91 Å². The molecule has 1 fully saturated rings. The van der Waals surface area contributed by atoms with E-state index >= 15 is 0 Å². The zero-order valence-corrected chi connectivity index (χ0v) is 17.1. The fraction of sp³-hybridized carbons (Fsp3) is 0.273. The SMILES string of the molecule is Cc1cc(CCl)ccc1CNC1(c2cccc3c2C(=O)NC3=O)CCC(=O)NC1=O. The molecule has 0 aliphatic carbocycles. The minimum absolute atomic E-state index is 0.113. The monoisotopic (exact) mass is 425 g/mol. The maximum absolute atomic E-state index is 13.1. The molecule has 1 unspecified atom stereocenters. The molecule has 8 heteroatoms. The predicted molar refractivity (Wildman–Crippen MR) is 110 cm³/mol. The van der Waals surface area contributed by atoms with E-state index in [0.29, 0.717) is 18.0 Å². The number of hydrogen-bond acceptors (Lipinski definition) is 5. The van der Waals surface area contributed by atoms with E-state index < -0.39 is 23.3 Å². The number of rotatable bonds is 5. The lowest BCUT2D eigenvalue weighted by Gasteiger charge is -2.37. The summed E-state index contributed by atoms with van der Waals surface area (Å²) in [5.41, 5.74) is 2.43. The van der Waals surface area contributed by atoms with Crippen molar-refractivity contribution in [3.63, 3.8) is 0 Å². The summed E-state index contributed by atoms with van der Waals surface area (Å²) in [7, 11) is 0. The molecule has 4 amide bonds. The van der Waals surface area contributed by atoms with Gasteiger partial charge in [0.25, 0.3) is 17.7 Å². The van der Waals surface area contributed by atoms with Gasteiger partial charge in [-0.2, -0.15) is 0 Å². The second-order valence-electron chi connectivity index (χ2n) is 7.54. The number of amides is 4. The number of benzene rings is 2. The summed E-state index contributed by atoms with van der Waals surface area (Å²) < 4.78 is 0. The van der Waals surface area contributed by atoms with Gasteiger partial charge in [-0.1, -0.05) is 30.3 Å². The molecule has 30 heavy (non-hydrogen) atoms. The molecule has 1 atom stereocenters. The number of alkyl halides is 1. The molecule has 7 nitrogen and oxygen atoms in total. The molecule has 2 aliphatic heterocycles. The van der Waals surface area contributed by atoms with Gasteiger partial charge in [0, 0.05) is 18.8 Å². The summed E-state index contributed by atoms with van der Waals surface area (Å²) in [4.78, 5) is 49.5. The van der Waals surface area contributed by atoms with Crippen molar-refractivity contribution in [3.8, 4) is 0 Å². The Balaban J connectivity index is 1.77. The van der Waals surface area contributed by atoms with Gasteiger partial charge in [-0.15, -0.1) is 11.6 Å². The third-order valence-electron chi connectivity index (χ3n) is 5.73. The molecule has 0 bridgehead atoms. The van der Waals surface area contributed by atoms with Crippen LogP contribution in [-0.2, 0) is 27.6 Å². The Hall–Kier alpha value is -3.03. The number of aryl methyl sites for hydroxylation is 1. The van der Waals surface area contributed by atoms with Crippen molar-refractivity contribution in [1.82, 2.24) is 16.0 Å². The van der Waals surface area contributed by atoms with Crippen LogP contribution in [0.4, 0.5) is 0 Å². The Morgan fingerprint density at radius 3 is 2.57 bits per heavy atom. The molecule has 2 aromatic rings. The number of imide groups is 2. The summed E-state index contributed by atoms with van der Waals surface area (Å²) >= 11 is 5.90. The molecular formula is C22H20ClN3O4. The molecule has 2 aliphatic rings. The number of fused-ring (bicyclic) bond motifs is 1. The van der Waals surface area contributed by atoms with Crippen LogP contribution in [0.3, 0.4) is 0 Å². The van der Waals surface area contributed by atoms with Crippen LogP contribution in [-0.4, -0.2) is 23.6 Å². The van der Waals surface area contributed by atoms with Crippen LogP contribution in [0, 0.1) is 6.92 Å². The van der Waals surface area contributed by atoms with E-state index in [1.54, 1.807) is 18.2 Å². The molecule has 0 aromatic heterocycles. The summed E-state index contributed by atoms with van der Waals surface area (Å²) in [5.74, 6) is -1.53. The Morgan fingerprint density at radius 1 is 1.07 bits per heavy atom. The van der Waals surface area contributed by atoms with Crippen molar-refractivity contribution < 1.29 is 19.2 Å². The van der Waals surface area contributed by atoms with Gasteiger partial charge in [-0.3, -0.25) is 35.1 Å². The van der Waals surface area contributed by atoms with Crippen LogP contribution in [0.25, 0.3) is 0 Å². The molecular weight excluding hydrogens is 406 g/mol. The van der Waals surface area contributed by atoms with E-state index in [1.165, 1.54) is 0 Å². The third-order valence-corrected chi connectivity index (χ3v) is 6.04. The Bertz CT molecular complexity index is 1100. The Morgan fingerprint density at radius 2 is 1.87 bits per heavy atom. The van der Waals surface area contributed by atoms with Crippen LogP contribution in [0.1, 0.15) is 55.8 Å². The molecule has 154 valence electrons. The van der Waals surface area contributed by atoms with Crippen molar-refractivity contribution in [2.24, 2.45) is 0 Å². The zero-order chi connectivity index (χ0) is 21.5. The van der Waals surface area contributed by atoms with Crippen LogP contribution in [0.5, 0.6) is 0 Å². The normalized spacial score (nSPS) is 20.7. The lowest BCUT2D eigenvalue weighted by molar-refractivity contribution is -0.139. The van der Waals surface area contributed by atoms with Crippen molar-refractivity contribution in [1.29, 1.82) is 0 Å². The van der Waals surface area contributed by atoms with Gasteiger partial charge >= 0.3 is 0 Å². The number of halogens is 1. The highest BCUT2D eigenvalue weighted by molar-refractivity contribution is 6.23. The largest absolute Gasteiger partial charge is 0.295 e. The first-order valence-electron chi connectivity index (χ1n) is 9.58. The fourth-order valence-corrected chi connectivity index (χ4v) is 4.26. The minimum Gasteiger partial charge on any atom is -0.295 e. The second-order valence-corrected chi connectivity index (χ2v) is 7.81. The molecule has 2 heterocycles. The fourth-order valence-electron chi connectivity index (χ4n) is 4.09. The van der Waals surface area contributed by atoms with Crippen molar-refractivity contribution in [2.45, 2.75) is 37.7 Å². The predicted octanol–water partition coefficient (Wildman–Crippen LogP) is 2.04. The minimum atomic E-state index is -1.32. The standard InChI is InChI=1S/C22H20ClN3O4/c1-12-9-13(10-23)5-6-14(12)11-24-22(8-7-17(27)25-21(22)30)16-4-2-3-15-18(16)20(29)26-19(15)28/h2-6,9,24H,7-8,10-11H2,1H3,(H,25,27,30)(H,26,28,29). The second kappa shape index (κ2) is 7.66. The number of hydrogen-bond donors (Lipinski definition) is 3. The molecule has 0 radical (unpaired) electrons. The molecule has 1 saturated heterocycles. The van der Waals surface area contributed by atoms with Gasteiger partial charge in [0.1, 0.15) is 5.54 Å². The highest BCUT2D eigenvalue weighted by Crippen LogP contribution is 2.35. The number of piperidine rings is 1. The van der Waals surface area contributed by atoms with Gasteiger partial charge in [0.15, 0.2) is 0 Å². The number of carbonyl (C=O) groups is 4. The lowest BCUT2D eigenvalue weighted by Crippen LogP contribution is -2.59. The highest BCUT2D eigenvalue weighted by Gasteiger charge is 2.47. The average molecular weight is 426 g/mol. The van der Waals surface area contributed by atoms with Crippen molar-refractivity contribution in [3.05, 3.63) is 69.8 Å². The third kappa shape index (κ3) is 3.30. The van der Waals surface area contributed by atoms with Crippen LogP contribution < -0.4 is 16.0 Å². The number of nitrogens with one attached hydrogen (secondary N) is 3. The molecule has 2 aromatic carbocycles. The molecule has 0 saturated carbocycles. The van der Waals surface area contributed by atoms with Crippen molar-refractivity contribution in [2.75, 3.05) is 0 Å². The van der Waals surface area contributed by atoms with E-state index in [1.807, 2.05) is 25.1 Å². The smallest absolute Gasteiger partial charge is 0.259 e. The van der Waals surface area contributed by atoms with E-state index in [9.17, 15) is 19.2 Å². The molecule has 0 spiro atoms. The topological polar surface area (TPSA) is 104 Å². The van der Waals surface area contributed by atoms with Crippen molar-refractivity contribution >= 4 is 35.2 Å². The maximum atomic E-state index is 13.1. The van der Waals surface area contributed by atoms with Gasteiger partial charge in [0.05, 0.1) is 11.1 Å². The van der Waals surface area contributed by atoms with Crippen LogP contribution in [0.15, 0.2) is 36.4 Å². The first-order valence-corrected chi connectivity index (χ1v) is 10.1. The lowest BCUT2D eigenvalue weighted by atomic mass is 9.78. The first-order chi connectivity index (χ1) is 14.4. The molecule has 4 rings (SSSR count). The van der Waals surface area contributed by atoms with Gasteiger partial charge < -0.3 is 0 Å². The van der Waals surface area contributed by atoms with Crippen LogP contribution in [0.2, 0.25) is 0 Å². The zero-order valence-electron chi connectivity index (χ0n) is 16.3. The van der Waals surface area contributed by atoms with E-state index in [0.717, 1.165) is 16.7 Å². The maximum Gasteiger partial charge on any atom is 0.259 e. The quantitative estimate of drug-likeness (QED) is 0.502. The molecule has 3 N–H and O–H groups in total. The first kappa shape index (κ1) is 20.3. The summed E-state index contributed by atoms with van der Waals surface area (Å²) in [6.45, 7) is 2.28. The average Bonchev–Trinajstić information content (AvgIpc) is 3.02. The number of carbonyl (C=O) groups excluding carboxylic acids is 4. The van der Waals surface area contributed by atoms with E-state index in [4.69, 9.17) is 11.6 Å². The van der Waals surface area contributed by atoms with Gasteiger partial charge in [-0.25, -0.2) is 0 Å². The Labute approximate surface area is 178 Å². The van der Waals surface area contributed by atoms with Crippen LogP contribution >= 0.6 is 11.6 Å². The summed E-state index contributed by atoms with van der Waals surface area (Å²) in [6.07, 6.45) is 0.288. The van der Waals surface area contributed by atoms with Gasteiger partial charge in [-0.05, 0) is 41.7 Å². The highest BCUT2D eigenvalue weighted by atomic mass is 35.5. The Kier molecular flexibility index (Phi) is 5.17.